The van der Waals surface area contributed by atoms with Gasteiger partial charge in [0.1, 0.15) is 0 Å². The molecule has 0 aliphatic rings. The number of nitrogens with one attached hydrogen (secondary N) is 1. The molecule has 1 aromatic heterocycles. The second kappa shape index (κ2) is 10.3. The van der Waals surface area contributed by atoms with Gasteiger partial charge in [-0.1, -0.05) is 62.4 Å². The maximum atomic E-state index is 12.3. The van der Waals surface area contributed by atoms with E-state index in [4.69, 9.17) is 10.2 Å². The predicted molar refractivity (Wildman–Crippen MR) is 134 cm³/mol. The molecule has 0 fully saturated rings. The zero-order valence-electron chi connectivity index (χ0n) is 19.4. The topological polar surface area (TPSA) is 84.2 Å². The molecule has 1 unspecified atom stereocenters. The Hall–Kier alpha value is -3.93. The fourth-order valence-corrected chi connectivity index (χ4v) is 4.18. The van der Waals surface area contributed by atoms with E-state index in [1.54, 1.807) is 12.1 Å². The van der Waals surface area contributed by atoms with Crippen molar-refractivity contribution in [2.75, 3.05) is 6.54 Å². The number of fused-ring (bicyclic) bond motifs is 1. The molecule has 1 amide bonds. The third-order valence-electron chi connectivity index (χ3n) is 5.87. The van der Waals surface area contributed by atoms with E-state index in [2.05, 4.69) is 54.2 Å². The Kier molecular flexibility index (Phi) is 7.07. The number of aliphatic carboxylic acids is 1. The molecule has 6 heteroatoms. The van der Waals surface area contributed by atoms with Crippen LogP contribution in [-0.4, -0.2) is 33.3 Å². The highest BCUT2D eigenvalue weighted by atomic mass is 16.4. The largest absolute Gasteiger partial charge is 0.481 e. The van der Waals surface area contributed by atoms with Gasteiger partial charge in [-0.3, -0.25) is 14.3 Å². The molecule has 1 heterocycles. The Morgan fingerprint density at radius 2 is 1.71 bits per heavy atom. The second-order valence-electron chi connectivity index (χ2n) is 8.90. The number of carboxylic acids is 1. The SMILES string of the molecule is CC(C)CC(c1ccc(C(=O)NCCC(=O)O)cc1)n1ncc2cc(-c3ccccc3)ccc21. The third-order valence-corrected chi connectivity index (χ3v) is 5.87. The molecule has 2 N–H and O–H groups in total. The number of benzene rings is 3. The van der Waals surface area contributed by atoms with E-state index in [9.17, 15) is 9.59 Å². The predicted octanol–water partition coefficient (Wildman–Crippen LogP) is 5.54. The third kappa shape index (κ3) is 5.34. The fourth-order valence-electron chi connectivity index (χ4n) is 4.18. The molecule has 0 saturated carbocycles. The lowest BCUT2D eigenvalue weighted by atomic mass is 9.96. The molecular formula is C28H29N3O3. The van der Waals surface area contributed by atoms with Gasteiger partial charge in [0.25, 0.3) is 5.91 Å². The molecule has 4 aromatic rings. The lowest BCUT2D eigenvalue weighted by Crippen LogP contribution is -2.26. The lowest BCUT2D eigenvalue weighted by molar-refractivity contribution is -0.136. The first-order chi connectivity index (χ1) is 16.4. The molecule has 0 radical (unpaired) electrons. The average Bonchev–Trinajstić information content (AvgIpc) is 3.26. The van der Waals surface area contributed by atoms with Crippen molar-refractivity contribution in [3.63, 3.8) is 0 Å². The number of carbonyl (C=O) groups excluding carboxylic acids is 1. The molecule has 0 saturated heterocycles. The molecular weight excluding hydrogens is 426 g/mol. The minimum absolute atomic E-state index is 0.0317. The van der Waals surface area contributed by atoms with Crippen LogP contribution in [0.1, 0.15) is 48.7 Å². The Morgan fingerprint density at radius 3 is 2.38 bits per heavy atom. The standard InChI is InChI=1S/C28H29N3O3/c1-19(2)16-26(21-8-10-22(11-9-21)28(34)29-15-14-27(32)33)31-25-13-12-23(17-24(25)18-30-31)20-6-4-3-5-7-20/h3-13,17-19,26H,14-16H2,1-2H3,(H,29,34)(H,32,33). The molecule has 0 aliphatic carbocycles. The Bertz CT molecular complexity index is 1280. The number of nitrogens with zero attached hydrogens (tertiary/aromatic N) is 2. The van der Waals surface area contributed by atoms with E-state index in [1.807, 2.05) is 36.5 Å². The smallest absolute Gasteiger partial charge is 0.305 e. The van der Waals surface area contributed by atoms with Crippen LogP contribution in [0.4, 0.5) is 0 Å². The average molecular weight is 456 g/mol. The molecule has 4 rings (SSSR count). The number of hydrogen-bond donors (Lipinski definition) is 2. The minimum Gasteiger partial charge on any atom is -0.481 e. The van der Waals surface area contributed by atoms with Gasteiger partial charge < -0.3 is 10.4 Å². The number of amides is 1. The van der Waals surface area contributed by atoms with Crippen molar-refractivity contribution in [3.05, 3.63) is 90.1 Å². The first kappa shape index (κ1) is 23.2. The summed E-state index contributed by atoms with van der Waals surface area (Å²) in [5.41, 5.74) is 4.99. The van der Waals surface area contributed by atoms with Crippen molar-refractivity contribution in [1.82, 2.24) is 15.1 Å². The highest BCUT2D eigenvalue weighted by molar-refractivity contribution is 5.94. The van der Waals surface area contributed by atoms with E-state index >= 15 is 0 Å². The summed E-state index contributed by atoms with van der Waals surface area (Å²) in [5, 5.41) is 17.2. The summed E-state index contributed by atoms with van der Waals surface area (Å²) in [6, 6.07) is 24.3. The summed E-state index contributed by atoms with van der Waals surface area (Å²) in [7, 11) is 0. The van der Waals surface area contributed by atoms with E-state index in [0.717, 1.165) is 28.5 Å². The Labute approximate surface area is 199 Å². The van der Waals surface area contributed by atoms with Crippen LogP contribution in [0, 0.1) is 5.92 Å². The van der Waals surface area contributed by atoms with Gasteiger partial charge in [-0.2, -0.15) is 5.10 Å². The van der Waals surface area contributed by atoms with Crippen molar-refractivity contribution in [2.24, 2.45) is 5.92 Å². The Balaban J connectivity index is 1.61. The summed E-state index contributed by atoms with van der Waals surface area (Å²) in [5.74, 6) is -0.757. The van der Waals surface area contributed by atoms with E-state index in [1.165, 1.54) is 5.56 Å². The first-order valence-corrected chi connectivity index (χ1v) is 11.5. The van der Waals surface area contributed by atoms with Gasteiger partial charge in [0.2, 0.25) is 0 Å². The van der Waals surface area contributed by atoms with Gasteiger partial charge in [0.15, 0.2) is 0 Å². The van der Waals surface area contributed by atoms with Crippen LogP contribution in [0.3, 0.4) is 0 Å². The number of carboxylic acid groups (broad SMARTS) is 1. The summed E-state index contributed by atoms with van der Waals surface area (Å²) in [6.45, 7) is 4.49. The van der Waals surface area contributed by atoms with Crippen molar-refractivity contribution >= 4 is 22.8 Å². The summed E-state index contributed by atoms with van der Waals surface area (Å²) in [6.07, 6.45) is 2.72. The molecule has 174 valence electrons. The van der Waals surface area contributed by atoms with Gasteiger partial charge in [-0.15, -0.1) is 0 Å². The van der Waals surface area contributed by atoms with Crippen molar-refractivity contribution in [2.45, 2.75) is 32.7 Å². The molecule has 0 spiro atoms. The number of aromatic nitrogens is 2. The molecule has 0 bridgehead atoms. The van der Waals surface area contributed by atoms with Crippen molar-refractivity contribution < 1.29 is 14.7 Å². The maximum absolute atomic E-state index is 12.3. The number of carbonyl (C=O) groups is 2. The van der Waals surface area contributed by atoms with Crippen LogP contribution in [0.15, 0.2) is 79.0 Å². The van der Waals surface area contributed by atoms with Crippen molar-refractivity contribution in [1.29, 1.82) is 0 Å². The molecule has 3 aromatic carbocycles. The van der Waals surface area contributed by atoms with Gasteiger partial charge in [0.05, 0.1) is 24.2 Å². The molecule has 1 atom stereocenters. The van der Waals surface area contributed by atoms with Crippen LogP contribution < -0.4 is 5.32 Å². The zero-order chi connectivity index (χ0) is 24.1. The van der Waals surface area contributed by atoms with E-state index in [0.29, 0.717) is 11.5 Å². The molecule has 6 nitrogen and oxygen atoms in total. The van der Waals surface area contributed by atoms with Gasteiger partial charge in [0, 0.05) is 17.5 Å². The molecule has 34 heavy (non-hydrogen) atoms. The van der Waals surface area contributed by atoms with Gasteiger partial charge in [-0.05, 0) is 53.3 Å². The summed E-state index contributed by atoms with van der Waals surface area (Å²) in [4.78, 5) is 23.0. The first-order valence-electron chi connectivity index (χ1n) is 11.5. The number of rotatable bonds is 9. The highest BCUT2D eigenvalue weighted by Crippen LogP contribution is 2.31. The van der Waals surface area contributed by atoms with Gasteiger partial charge >= 0.3 is 5.97 Å². The Morgan fingerprint density at radius 1 is 0.971 bits per heavy atom. The van der Waals surface area contributed by atoms with E-state index < -0.39 is 5.97 Å². The molecule has 0 aliphatic heterocycles. The highest BCUT2D eigenvalue weighted by Gasteiger charge is 2.19. The van der Waals surface area contributed by atoms with E-state index in [-0.39, 0.29) is 24.9 Å². The van der Waals surface area contributed by atoms with Crippen LogP contribution in [-0.2, 0) is 4.79 Å². The quantitative estimate of drug-likeness (QED) is 0.347. The lowest BCUT2D eigenvalue weighted by Gasteiger charge is -2.21. The maximum Gasteiger partial charge on any atom is 0.305 e. The monoisotopic (exact) mass is 455 g/mol. The number of hydrogen-bond acceptors (Lipinski definition) is 3. The van der Waals surface area contributed by atoms with Crippen LogP contribution in [0.5, 0.6) is 0 Å². The fraction of sp³-hybridized carbons (Fsp3) is 0.250. The van der Waals surface area contributed by atoms with Crippen LogP contribution in [0.25, 0.3) is 22.0 Å². The summed E-state index contributed by atoms with van der Waals surface area (Å²) >= 11 is 0. The van der Waals surface area contributed by atoms with Crippen molar-refractivity contribution in [3.8, 4) is 11.1 Å². The zero-order valence-corrected chi connectivity index (χ0v) is 19.4. The van der Waals surface area contributed by atoms with Crippen LogP contribution in [0.2, 0.25) is 0 Å². The second-order valence-corrected chi connectivity index (χ2v) is 8.90. The normalized spacial score (nSPS) is 12.1. The minimum atomic E-state index is -0.936. The summed E-state index contributed by atoms with van der Waals surface area (Å²) < 4.78 is 2.08. The van der Waals surface area contributed by atoms with Crippen LogP contribution >= 0.6 is 0 Å². The van der Waals surface area contributed by atoms with Gasteiger partial charge in [-0.25, -0.2) is 0 Å².